The highest BCUT2D eigenvalue weighted by Crippen LogP contribution is 2.26. The van der Waals surface area contributed by atoms with Gasteiger partial charge in [-0.05, 0) is 69.9 Å². The molecule has 1 aromatic carbocycles. The van der Waals surface area contributed by atoms with Crippen LogP contribution in [0.3, 0.4) is 0 Å². The summed E-state index contributed by atoms with van der Waals surface area (Å²) in [6.07, 6.45) is 4.36. The van der Waals surface area contributed by atoms with Crippen LogP contribution in [0.2, 0.25) is 0 Å². The van der Waals surface area contributed by atoms with Crippen molar-refractivity contribution in [3.05, 3.63) is 29.8 Å². The topological polar surface area (TPSA) is 53.6 Å². The van der Waals surface area contributed by atoms with Gasteiger partial charge in [-0.15, -0.1) is 0 Å². The molecule has 3 rings (SSSR count). The maximum atomic E-state index is 12.6. The summed E-state index contributed by atoms with van der Waals surface area (Å²) in [5.74, 6) is 1.23. The molecule has 5 heteroatoms. The molecule has 2 N–H and O–H groups in total. The standard InChI is InChI=1S/C20H31N3O2/c1-15-13-17(9-10-21-15)20(24)22-14-19(23-11-3-4-12-23)16-5-7-18(25-2)8-6-16/h5-8,15,17,19,21H,3-4,9-14H2,1-2H3,(H,22,24)/t15-,17-,19?/m0/s1. The molecular formula is C20H31N3O2. The van der Waals surface area contributed by atoms with Gasteiger partial charge in [0.15, 0.2) is 0 Å². The van der Waals surface area contributed by atoms with E-state index in [2.05, 4.69) is 34.6 Å². The Labute approximate surface area is 151 Å². The Morgan fingerprint density at radius 2 is 2.04 bits per heavy atom. The predicted octanol–water partition coefficient (Wildman–Crippen LogP) is 2.34. The molecule has 0 radical (unpaired) electrons. The van der Waals surface area contributed by atoms with Crippen LogP contribution in [-0.2, 0) is 4.79 Å². The van der Waals surface area contributed by atoms with Gasteiger partial charge in [-0.1, -0.05) is 12.1 Å². The number of nitrogens with one attached hydrogen (secondary N) is 2. The lowest BCUT2D eigenvalue weighted by atomic mass is 9.92. The minimum Gasteiger partial charge on any atom is -0.497 e. The normalized spacial score (nSPS) is 25.5. The van der Waals surface area contributed by atoms with Crippen molar-refractivity contribution in [2.75, 3.05) is 33.3 Å². The first kappa shape index (κ1) is 18.2. The molecule has 0 saturated carbocycles. The summed E-state index contributed by atoms with van der Waals surface area (Å²) >= 11 is 0. The van der Waals surface area contributed by atoms with Crippen LogP contribution in [0.1, 0.15) is 44.2 Å². The smallest absolute Gasteiger partial charge is 0.223 e. The zero-order valence-corrected chi connectivity index (χ0v) is 15.5. The molecule has 138 valence electrons. The van der Waals surface area contributed by atoms with Gasteiger partial charge in [-0.25, -0.2) is 0 Å². The second-order valence-electron chi connectivity index (χ2n) is 7.35. The summed E-state index contributed by atoms with van der Waals surface area (Å²) in [5.41, 5.74) is 1.25. The lowest BCUT2D eigenvalue weighted by Gasteiger charge is -2.31. The number of carbonyl (C=O) groups excluding carboxylic acids is 1. The van der Waals surface area contributed by atoms with E-state index in [1.165, 1.54) is 18.4 Å². The van der Waals surface area contributed by atoms with Crippen molar-refractivity contribution in [2.45, 2.75) is 44.7 Å². The number of piperidine rings is 1. The highest BCUT2D eigenvalue weighted by atomic mass is 16.5. The molecule has 2 aliphatic rings. The molecule has 1 unspecified atom stereocenters. The second-order valence-corrected chi connectivity index (χ2v) is 7.35. The van der Waals surface area contributed by atoms with Crippen LogP contribution < -0.4 is 15.4 Å². The first-order chi connectivity index (χ1) is 12.2. The fraction of sp³-hybridized carbons (Fsp3) is 0.650. The quantitative estimate of drug-likeness (QED) is 0.831. The average Bonchev–Trinajstić information content (AvgIpc) is 3.16. The van der Waals surface area contributed by atoms with Crippen LogP contribution in [0.5, 0.6) is 5.75 Å². The minimum absolute atomic E-state index is 0.145. The molecule has 0 bridgehead atoms. The van der Waals surface area contributed by atoms with E-state index < -0.39 is 0 Å². The minimum atomic E-state index is 0.145. The first-order valence-electron chi connectivity index (χ1n) is 9.56. The summed E-state index contributed by atoms with van der Waals surface area (Å²) < 4.78 is 5.27. The van der Waals surface area contributed by atoms with Gasteiger partial charge >= 0.3 is 0 Å². The van der Waals surface area contributed by atoms with Gasteiger partial charge in [-0.2, -0.15) is 0 Å². The number of hydrogen-bond donors (Lipinski definition) is 2. The van der Waals surface area contributed by atoms with Gasteiger partial charge in [-0.3, -0.25) is 9.69 Å². The number of methoxy groups -OCH3 is 1. The summed E-state index contributed by atoms with van der Waals surface area (Å²) in [7, 11) is 1.69. The van der Waals surface area contributed by atoms with Crippen molar-refractivity contribution in [2.24, 2.45) is 5.92 Å². The monoisotopic (exact) mass is 345 g/mol. The number of benzene rings is 1. The number of carbonyl (C=O) groups is 1. The molecule has 0 aliphatic carbocycles. The fourth-order valence-electron chi connectivity index (χ4n) is 4.05. The molecule has 2 heterocycles. The van der Waals surface area contributed by atoms with Crippen molar-refractivity contribution in [1.82, 2.24) is 15.5 Å². The molecule has 25 heavy (non-hydrogen) atoms. The number of rotatable bonds is 6. The number of nitrogens with zero attached hydrogens (tertiary/aromatic N) is 1. The highest BCUT2D eigenvalue weighted by molar-refractivity contribution is 5.78. The van der Waals surface area contributed by atoms with Crippen LogP contribution in [0.25, 0.3) is 0 Å². The van der Waals surface area contributed by atoms with E-state index >= 15 is 0 Å². The maximum Gasteiger partial charge on any atom is 0.223 e. The summed E-state index contributed by atoms with van der Waals surface area (Å²) in [6, 6.07) is 8.95. The third kappa shape index (κ3) is 4.73. The van der Waals surface area contributed by atoms with E-state index in [4.69, 9.17) is 4.74 Å². The molecular weight excluding hydrogens is 314 g/mol. The molecule has 2 saturated heterocycles. The number of amides is 1. The molecule has 1 aromatic rings. The molecule has 2 aliphatic heterocycles. The van der Waals surface area contributed by atoms with Crippen molar-refractivity contribution in [1.29, 1.82) is 0 Å². The second kappa shape index (κ2) is 8.68. The summed E-state index contributed by atoms with van der Waals surface area (Å²) in [6.45, 7) is 5.99. The molecule has 0 aromatic heterocycles. The van der Waals surface area contributed by atoms with Gasteiger partial charge in [0.25, 0.3) is 0 Å². The molecule has 0 spiro atoms. The Kier molecular flexibility index (Phi) is 6.32. The average molecular weight is 345 g/mol. The Morgan fingerprint density at radius 1 is 1.32 bits per heavy atom. The third-order valence-corrected chi connectivity index (χ3v) is 5.55. The SMILES string of the molecule is COc1ccc(C(CNC(=O)[C@H]2CCN[C@@H](C)C2)N2CCCC2)cc1. The van der Waals surface area contributed by atoms with Crippen LogP contribution in [0.4, 0.5) is 0 Å². The van der Waals surface area contributed by atoms with Crippen LogP contribution in [0.15, 0.2) is 24.3 Å². The summed E-state index contributed by atoms with van der Waals surface area (Å²) in [5, 5.41) is 6.65. The van der Waals surface area contributed by atoms with E-state index in [1.54, 1.807) is 7.11 Å². The summed E-state index contributed by atoms with van der Waals surface area (Å²) in [4.78, 5) is 15.1. The van der Waals surface area contributed by atoms with Gasteiger partial charge < -0.3 is 15.4 Å². The van der Waals surface area contributed by atoms with Crippen LogP contribution in [-0.4, -0.2) is 50.1 Å². The zero-order chi connectivity index (χ0) is 17.6. The molecule has 3 atom stereocenters. The van der Waals surface area contributed by atoms with Gasteiger partial charge in [0.1, 0.15) is 5.75 Å². The van der Waals surface area contributed by atoms with E-state index in [0.29, 0.717) is 12.6 Å². The first-order valence-corrected chi connectivity index (χ1v) is 9.56. The van der Waals surface area contributed by atoms with Gasteiger partial charge in [0, 0.05) is 18.5 Å². The highest BCUT2D eigenvalue weighted by Gasteiger charge is 2.27. The number of hydrogen-bond acceptors (Lipinski definition) is 4. The van der Waals surface area contributed by atoms with Crippen LogP contribution in [0, 0.1) is 5.92 Å². The lowest BCUT2D eigenvalue weighted by Crippen LogP contribution is -2.44. The van der Waals surface area contributed by atoms with Crippen molar-refractivity contribution in [3.63, 3.8) is 0 Å². The Morgan fingerprint density at radius 3 is 2.68 bits per heavy atom. The van der Waals surface area contributed by atoms with Crippen molar-refractivity contribution < 1.29 is 9.53 Å². The molecule has 2 fully saturated rings. The maximum absolute atomic E-state index is 12.6. The lowest BCUT2D eigenvalue weighted by molar-refractivity contribution is -0.126. The predicted molar refractivity (Wildman–Crippen MR) is 99.7 cm³/mol. The van der Waals surface area contributed by atoms with E-state index in [1.807, 2.05) is 12.1 Å². The Bertz CT molecular complexity index is 555. The Hall–Kier alpha value is -1.59. The van der Waals surface area contributed by atoms with Gasteiger partial charge in [0.05, 0.1) is 13.2 Å². The molecule has 5 nitrogen and oxygen atoms in total. The van der Waals surface area contributed by atoms with Gasteiger partial charge in [0.2, 0.25) is 5.91 Å². The Balaban J connectivity index is 1.64. The number of likely N-dealkylation sites (tertiary alicyclic amines) is 1. The zero-order valence-electron chi connectivity index (χ0n) is 15.5. The fourth-order valence-corrected chi connectivity index (χ4v) is 4.05. The van der Waals surface area contributed by atoms with Crippen LogP contribution >= 0.6 is 0 Å². The van der Waals surface area contributed by atoms with E-state index in [0.717, 1.165) is 38.2 Å². The number of ether oxygens (including phenoxy) is 1. The molecule has 1 amide bonds. The van der Waals surface area contributed by atoms with E-state index in [-0.39, 0.29) is 17.9 Å². The van der Waals surface area contributed by atoms with Crippen molar-refractivity contribution >= 4 is 5.91 Å². The third-order valence-electron chi connectivity index (χ3n) is 5.55. The van der Waals surface area contributed by atoms with Crippen molar-refractivity contribution in [3.8, 4) is 5.75 Å². The largest absolute Gasteiger partial charge is 0.497 e. The van der Waals surface area contributed by atoms with E-state index in [9.17, 15) is 4.79 Å².